The number of likely N-dealkylation sites (tertiary alicyclic amines) is 1. The zero-order valence-corrected chi connectivity index (χ0v) is 12.4. The molecule has 0 unspecified atom stereocenters. The lowest BCUT2D eigenvalue weighted by Crippen LogP contribution is -2.43. The number of benzene rings is 1. The van der Waals surface area contributed by atoms with E-state index in [-0.39, 0.29) is 17.9 Å². The van der Waals surface area contributed by atoms with Crippen LogP contribution in [-0.2, 0) is 20.9 Å². The van der Waals surface area contributed by atoms with Crippen LogP contribution in [0.5, 0.6) is 0 Å². The highest BCUT2D eigenvalue weighted by Gasteiger charge is 2.30. The number of hydrogen-bond acceptors (Lipinski definition) is 3. The largest absolute Gasteiger partial charge is 0.381 e. The molecule has 0 aliphatic carbocycles. The van der Waals surface area contributed by atoms with Crippen molar-refractivity contribution in [3.05, 3.63) is 35.9 Å². The lowest BCUT2D eigenvalue weighted by Gasteiger charge is -2.33. The van der Waals surface area contributed by atoms with Gasteiger partial charge in [-0.05, 0) is 24.8 Å². The molecule has 1 aromatic carbocycles. The fourth-order valence-corrected chi connectivity index (χ4v) is 3.02. The van der Waals surface area contributed by atoms with Crippen LogP contribution in [0.15, 0.2) is 30.3 Å². The molecule has 2 fully saturated rings. The second-order valence-corrected chi connectivity index (χ2v) is 5.88. The molecule has 4 heteroatoms. The van der Waals surface area contributed by atoms with Crippen molar-refractivity contribution in [2.45, 2.75) is 32.0 Å². The standard InChI is InChI=1S/C17H23NO3/c19-17(15-8-11-20-13-15)18-9-6-16(7-10-18)21-12-14-4-2-1-3-5-14/h1-5,15-16H,6-13H2/t15-/m0/s1. The van der Waals surface area contributed by atoms with Crippen LogP contribution >= 0.6 is 0 Å². The van der Waals surface area contributed by atoms with Crippen molar-refractivity contribution in [1.29, 1.82) is 0 Å². The Balaban J connectivity index is 1.41. The second-order valence-electron chi connectivity index (χ2n) is 5.88. The van der Waals surface area contributed by atoms with Gasteiger partial charge in [-0.2, -0.15) is 0 Å². The van der Waals surface area contributed by atoms with Crippen LogP contribution in [0.1, 0.15) is 24.8 Å². The molecule has 1 atom stereocenters. The first-order valence-corrected chi connectivity index (χ1v) is 7.85. The summed E-state index contributed by atoms with van der Waals surface area (Å²) in [6.07, 6.45) is 3.02. The molecule has 1 aromatic rings. The number of carbonyl (C=O) groups is 1. The molecule has 0 radical (unpaired) electrons. The summed E-state index contributed by atoms with van der Waals surface area (Å²) in [6.45, 7) is 3.62. The highest BCUT2D eigenvalue weighted by Crippen LogP contribution is 2.21. The maximum absolute atomic E-state index is 12.3. The van der Waals surface area contributed by atoms with Crippen molar-refractivity contribution in [2.24, 2.45) is 5.92 Å². The van der Waals surface area contributed by atoms with Gasteiger partial charge in [-0.15, -0.1) is 0 Å². The molecule has 0 bridgehead atoms. The SMILES string of the molecule is O=C([C@H]1CCOC1)N1CCC(OCc2ccccc2)CC1. The van der Waals surface area contributed by atoms with Crippen LogP contribution in [0.3, 0.4) is 0 Å². The third-order valence-corrected chi connectivity index (χ3v) is 4.36. The number of hydrogen-bond donors (Lipinski definition) is 0. The van der Waals surface area contributed by atoms with E-state index in [1.807, 2.05) is 23.1 Å². The Labute approximate surface area is 126 Å². The number of rotatable bonds is 4. The molecular weight excluding hydrogens is 266 g/mol. The first kappa shape index (κ1) is 14.5. The quantitative estimate of drug-likeness (QED) is 0.853. The van der Waals surface area contributed by atoms with E-state index in [4.69, 9.17) is 9.47 Å². The summed E-state index contributed by atoms with van der Waals surface area (Å²) in [5.74, 6) is 0.362. The van der Waals surface area contributed by atoms with Crippen molar-refractivity contribution in [2.75, 3.05) is 26.3 Å². The van der Waals surface area contributed by atoms with Crippen LogP contribution in [0.25, 0.3) is 0 Å². The third-order valence-electron chi connectivity index (χ3n) is 4.36. The minimum absolute atomic E-state index is 0.0896. The van der Waals surface area contributed by atoms with Crippen LogP contribution in [0.2, 0.25) is 0 Å². The van der Waals surface area contributed by atoms with Gasteiger partial charge in [0.2, 0.25) is 5.91 Å². The number of amides is 1. The number of piperidine rings is 1. The Kier molecular flexibility index (Phi) is 4.88. The van der Waals surface area contributed by atoms with Gasteiger partial charge in [0, 0.05) is 19.7 Å². The predicted octanol–water partition coefficient (Wildman–Crippen LogP) is 2.23. The van der Waals surface area contributed by atoms with Crippen molar-refractivity contribution < 1.29 is 14.3 Å². The van der Waals surface area contributed by atoms with Crippen molar-refractivity contribution in [3.63, 3.8) is 0 Å². The predicted molar refractivity (Wildman–Crippen MR) is 79.8 cm³/mol. The molecular formula is C17H23NO3. The maximum atomic E-state index is 12.3. The lowest BCUT2D eigenvalue weighted by molar-refractivity contribution is -0.138. The smallest absolute Gasteiger partial charge is 0.228 e. The average Bonchev–Trinajstić information content (AvgIpc) is 3.08. The first-order valence-electron chi connectivity index (χ1n) is 7.85. The van der Waals surface area contributed by atoms with Crippen LogP contribution < -0.4 is 0 Å². The zero-order chi connectivity index (χ0) is 14.5. The number of ether oxygens (including phenoxy) is 2. The van der Waals surface area contributed by atoms with Crippen molar-refractivity contribution in [3.8, 4) is 0 Å². The van der Waals surface area contributed by atoms with Gasteiger partial charge in [0.25, 0.3) is 0 Å². The van der Waals surface area contributed by atoms with E-state index in [0.29, 0.717) is 13.2 Å². The normalized spacial score (nSPS) is 23.4. The molecule has 0 saturated carbocycles. The second kappa shape index (κ2) is 7.05. The summed E-state index contributed by atoms with van der Waals surface area (Å²) >= 11 is 0. The highest BCUT2D eigenvalue weighted by atomic mass is 16.5. The number of carbonyl (C=O) groups excluding carboxylic acids is 1. The summed E-state index contributed by atoms with van der Waals surface area (Å²) in [7, 11) is 0. The molecule has 4 nitrogen and oxygen atoms in total. The van der Waals surface area contributed by atoms with E-state index in [9.17, 15) is 4.79 Å². The molecule has 2 saturated heterocycles. The van der Waals surface area contributed by atoms with Crippen molar-refractivity contribution in [1.82, 2.24) is 4.90 Å². The molecule has 3 rings (SSSR count). The summed E-state index contributed by atoms with van der Waals surface area (Å²) in [5, 5.41) is 0. The van der Waals surface area contributed by atoms with Crippen LogP contribution in [0, 0.1) is 5.92 Å². The van der Waals surface area contributed by atoms with E-state index in [2.05, 4.69) is 12.1 Å². The zero-order valence-electron chi connectivity index (χ0n) is 12.4. The monoisotopic (exact) mass is 289 g/mol. The summed E-state index contributed by atoms with van der Waals surface area (Å²) in [4.78, 5) is 14.3. The van der Waals surface area contributed by atoms with Crippen LogP contribution in [0.4, 0.5) is 0 Å². The highest BCUT2D eigenvalue weighted by molar-refractivity contribution is 5.79. The van der Waals surface area contributed by atoms with Gasteiger partial charge in [0.05, 0.1) is 25.2 Å². The fraction of sp³-hybridized carbons (Fsp3) is 0.588. The molecule has 2 aliphatic rings. The Morgan fingerprint density at radius 1 is 1.19 bits per heavy atom. The third kappa shape index (κ3) is 3.83. The molecule has 0 aromatic heterocycles. The topological polar surface area (TPSA) is 38.8 Å². The lowest BCUT2D eigenvalue weighted by atomic mass is 10.0. The van der Waals surface area contributed by atoms with E-state index >= 15 is 0 Å². The Bertz CT molecular complexity index is 448. The maximum Gasteiger partial charge on any atom is 0.228 e. The molecule has 21 heavy (non-hydrogen) atoms. The van der Waals surface area contributed by atoms with E-state index in [0.717, 1.165) is 39.0 Å². The molecule has 0 spiro atoms. The Morgan fingerprint density at radius 3 is 2.62 bits per heavy atom. The molecule has 114 valence electrons. The Hall–Kier alpha value is -1.39. The van der Waals surface area contributed by atoms with Crippen molar-refractivity contribution >= 4 is 5.91 Å². The van der Waals surface area contributed by atoms with E-state index < -0.39 is 0 Å². The van der Waals surface area contributed by atoms with Gasteiger partial charge >= 0.3 is 0 Å². The average molecular weight is 289 g/mol. The summed E-state index contributed by atoms with van der Waals surface area (Å²) in [5.41, 5.74) is 1.21. The van der Waals surface area contributed by atoms with Gasteiger partial charge < -0.3 is 14.4 Å². The molecule has 2 heterocycles. The van der Waals surface area contributed by atoms with Gasteiger partial charge in [-0.1, -0.05) is 30.3 Å². The van der Waals surface area contributed by atoms with E-state index in [1.165, 1.54) is 5.56 Å². The molecule has 2 aliphatic heterocycles. The minimum atomic E-state index is 0.0896. The molecule has 1 amide bonds. The molecule has 0 N–H and O–H groups in total. The summed E-state index contributed by atoms with van der Waals surface area (Å²) < 4.78 is 11.3. The first-order chi connectivity index (χ1) is 10.3. The van der Waals surface area contributed by atoms with Gasteiger partial charge in [0.15, 0.2) is 0 Å². The fourth-order valence-electron chi connectivity index (χ4n) is 3.02. The minimum Gasteiger partial charge on any atom is -0.381 e. The van der Waals surface area contributed by atoms with Gasteiger partial charge in [-0.3, -0.25) is 4.79 Å². The Morgan fingerprint density at radius 2 is 1.95 bits per heavy atom. The number of nitrogens with zero attached hydrogens (tertiary/aromatic N) is 1. The van der Waals surface area contributed by atoms with Gasteiger partial charge in [-0.25, -0.2) is 0 Å². The summed E-state index contributed by atoms with van der Waals surface area (Å²) in [6, 6.07) is 10.2. The van der Waals surface area contributed by atoms with Gasteiger partial charge in [0.1, 0.15) is 0 Å². The van der Waals surface area contributed by atoms with Crippen LogP contribution in [-0.4, -0.2) is 43.2 Å². The van der Waals surface area contributed by atoms with E-state index in [1.54, 1.807) is 0 Å².